The first-order valence-corrected chi connectivity index (χ1v) is 8.60. The van der Waals surface area contributed by atoms with Gasteiger partial charge in [0.05, 0.1) is 23.8 Å². The highest BCUT2D eigenvalue weighted by Crippen LogP contribution is 2.19. The lowest BCUT2D eigenvalue weighted by Crippen LogP contribution is -2.45. The Morgan fingerprint density at radius 1 is 1.24 bits per heavy atom. The van der Waals surface area contributed by atoms with Gasteiger partial charge in [0.1, 0.15) is 5.82 Å². The first-order chi connectivity index (χ1) is 12.0. The lowest BCUT2D eigenvalue weighted by atomic mass is 10.1. The van der Waals surface area contributed by atoms with Gasteiger partial charge in [0.15, 0.2) is 0 Å². The maximum absolute atomic E-state index is 12.4. The zero-order valence-electron chi connectivity index (χ0n) is 14.8. The van der Waals surface area contributed by atoms with Gasteiger partial charge in [0.25, 0.3) is 5.91 Å². The number of pyridine rings is 2. The number of ether oxygens (including phenoxy) is 1. The highest BCUT2D eigenvalue weighted by atomic mass is 16.5. The first kappa shape index (κ1) is 17.4. The van der Waals surface area contributed by atoms with Crippen molar-refractivity contribution in [2.24, 2.45) is 0 Å². The van der Waals surface area contributed by atoms with E-state index >= 15 is 0 Å². The molecule has 25 heavy (non-hydrogen) atoms. The Balaban J connectivity index is 1.64. The molecule has 1 aliphatic heterocycles. The molecule has 0 radical (unpaired) electrons. The van der Waals surface area contributed by atoms with E-state index < -0.39 is 0 Å². The molecular formula is C19H24N4O2. The number of anilines is 1. The van der Waals surface area contributed by atoms with Crippen LogP contribution in [0, 0.1) is 0 Å². The van der Waals surface area contributed by atoms with Gasteiger partial charge in [0, 0.05) is 31.7 Å². The quantitative estimate of drug-likeness (QED) is 0.926. The number of hydrogen-bond donors (Lipinski definition) is 1. The number of carbonyl (C=O) groups is 1. The Morgan fingerprint density at radius 2 is 2.00 bits per heavy atom. The number of rotatable bonds is 4. The second kappa shape index (κ2) is 7.61. The first-order valence-electron chi connectivity index (χ1n) is 8.60. The van der Waals surface area contributed by atoms with Crippen LogP contribution in [0.4, 0.5) is 5.82 Å². The van der Waals surface area contributed by atoms with Gasteiger partial charge in [-0.25, -0.2) is 4.98 Å². The minimum absolute atomic E-state index is 0.109. The molecule has 0 bridgehead atoms. The van der Waals surface area contributed by atoms with Crippen LogP contribution >= 0.6 is 0 Å². The van der Waals surface area contributed by atoms with Crippen molar-refractivity contribution in [3.05, 3.63) is 54.0 Å². The Morgan fingerprint density at radius 3 is 2.60 bits per heavy atom. The van der Waals surface area contributed by atoms with Crippen LogP contribution in [-0.4, -0.2) is 41.2 Å². The second-order valence-electron chi connectivity index (χ2n) is 6.55. The average Bonchev–Trinajstić information content (AvgIpc) is 2.61. The Hall–Kier alpha value is -2.47. The van der Waals surface area contributed by atoms with E-state index in [4.69, 9.17) is 4.74 Å². The number of carbonyl (C=O) groups excluding carboxylic acids is 1. The van der Waals surface area contributed by atoms with Crippen molar-refractivity contribution >= 4 is 11.7 Å². The highest BCUT2D eigenvalue weighted by Gasteiger charge is 2.23. The third-order valence-electron chi connectivity index (χ3n) is 4.29. The predicted molar refractivity (Wildman–Crippen MR) is 96.6 cm³/mol. The Kier molecular flexibility index (Phi) is 5.28. The Bertz CT molecular complexity index is 695. The molecule has 3 atom stereocenters. The van der Waals surface area contributed by atoms with E-state index in [1.165, 1.54) is 0 Å². The zero-order valence-corrected chi connectivity index (χ0v) is 14.8. The zero-order chi connectivity index (χ0) is 17.8. The summed E-state index contributed by atoms with van der Waals surface area (Å²) in [5.74, 6) is 0.734. The van der Waals surface area contributed by atoms with Crippen molar-refractivity contribution in [3.8, 4) is 0 Å². The summed E-state index contributed by atoms with van der Waals surface area (Å²) in [5.41, 5.74) is 1.52. The van der Waals surface area contributed by atoms with Gasteiger partial charge in [0.2, 0.25) is 0 Å². The van der Waals surface area contributed by atoms with E-state index in [2.05, 4.69) is 34.0 Å². The summed E-state index contributed by atoms with van der Waals surface area (Å²) in [6, 6.07) is 7.41. The van der Waals surface area contributed by atoms with Gasteiger partial charge in [-0.1, -0.05) is 6.07 Å². The minimum atomic E-state index is -0.140. The largest absolute Gasteiger partial charge is 0.372 e. The van der Waals surface area contributed by atoms with Crippen LogP contribution in [0.2, 0.25) is 0 Å². The van der Waals surface area contributed by atoms with Gasteiger partial charge in [-0.3, -0.25) is 9.78 Å². The molecule has 6 heteroatoms. The molecule has 1 fully saturated rings. The number of aromatic nitrogens is 2. The molecule has 0 aromatic carbocycles. The summed E-state index contributed by atoms with van der Waals surface area (Å²) in [4.78, 5) is 23.2. The predicted octanol–water partition coefficient (Wildman–Crippen LogP) is 2.58. The van der Waals surface area contributed by atoms with Crippen LogP contribution in [0.5, 0.6) is 0 Å². The summed E-state index contributed by atoms with van der Waals surface area (Å²) >= 11 is 0. The average molecular weight is 340 g/mol. The van der Waals surface area contributed by atoms with Gasteiger partial charge >= 0.3 is 0 Å². The normalized spacial score (nSPS) is 21.6. The molecule has 1 N–H and O–H groups in total. The number of hydrogen-bond acceptors (Lipinski definition) is 5. The molecule has 1 saturated heterocycles. The molecule has 0 aliphatic carbocycles. The molecule has 1 amide bonds. The number of nitrogens with one attached hydrogen (secondary N) is 1. The lowest BCUT2D eigenvalue weighted by molar-refractivity contribution is -0.00546. The number of morpholine rings is 1. The van der Waals surface area contributed by atoms with E-state index in [-0.39, 0.29) is 24.2 Å². The Labute approximate surface area is 148 Å². The number of amides is 1. The molecule has 132 valence electrons. The number of nitrogens with zero attached hydrogens (tertiary/aromatic N) is 3. The van der Waals surface area contributed by atoms with Gasteiger partial charge in [-0.05, 0) is 44.5 Å². The molecule has 0 saturated carbocycles. The van der Waals surface area contributed by atoms with Crippen molar-refractivity contribution in [1.82, 2.24) is 15.3 Å². The molecule has 6 nitrogen and oxygen atoms in total. The van der Waals surface area contributed by atoms with Crippen LogP contribution in [0.1, 0.15) is 42.7 Å². The smallest absolute Gasteiger partial charge is 0.253 e. The fourth-order valence-electron chi connectivity index (χ4n) is 3.07. The van der Waals surface area contributed by atoms with Crippen LogP contribution in [-0.2, 0) is 4.74 Å². The van der Waals surface area contributed by atoms with E-state index in [1.807, 2.05) is 31.2 Å². The maximum Gasteiger partial charge on any atom is 0.253 e. The molecule has 0 unspecified atom stereocenters. The summed E-state index contributed by atoms with van der Waals surface area (Å²) in [6.07, 6.45) is 5.45. The van der Waals surface area contributed by atoms with Crippen LogP contribution in [0.15, 0.2) is 42.9 Å². The molecule has 1 aliphatic rings. The van der Waals surface area contributed by atoms with E-state index in [0.717, 1.165) is 24.5 Å². The molecule has 2 aromatic heterocycles. The van der Waals surface area contributed by atoms with E-state index in [1.54, 1.807) is 18.6 Å². The fourth-order valence-corrected chi connectivity index (χ4v) is 3.07. The molecule has 3 heterocycles. The van der Waals surface area contributed by atoms with Gasteiger partial charge in [-0.15, -0.1) is 0 Å². The summed E-state index contributed by atoms with van der Waals surface area (Å²) in [7, 11) is 0. The molecule has 0 spiro atoms. The molecule has 3 rings (SSSR count). The second-order valence-corrected chi connectivity index (χ2v) is 6.55. The SMILES string of the molecule is C[C@@H]1CN(c2ccc(C(=O)N[C@@H](C)c3cccnc3)cn2)C[C@H](C)O1. The van der Waals surface area contributed by atoms with E-state index in [0.29, 0.717) is 5.56 Å². The summed E-state index contributed by atoms with van der Waals surface area (Å²) in [5, 5.41) is 2.97. The van der Waals surface area contributed by atoms with Crippen molar-refractivity contribution in [2.75, 3.05) is 18.0 Å². The van der Waals surface area contributed by atoms with Crippen molar-refractivity contribution < 1.29 is 9.53 Å². The topological polar surface area (TPSA) is 67.4 Å². The minimum Gasteiger partial charge on any atom is -0.372 e. The van der Waals surface area contributed by atoms with Crippen LogP contribution in [0.25, 0.3) is 0 Å². The highest BCUT2D eigenvalue weighted by molar-refractivity contribution is 5.94. The standard InChI is InChI=1S/C19H24N4O2/c1-13-11-23(12-14(2)25-13)18-7-6-17(10-21-18)19(24)22-15(3)16-5-4-8-20-9-16/h4-10,13-15H,11-12H2,1-3H3,(H,22,24)/t13-,14+,15-/m0/s1. The van der Waals surface area contributed by atoms with E-state index in [9.17, 15) is 4.79 Å². The fraction of sp³-hybridized carbons (Fsp3) is 0.421. The summed E-state index contributed by atoms with van der Waals surface area (Å²) < 4.78 is 5.75. The lowest BCUT2D eigenvalue weighted by Gasteiger charge is -2.36. The summed E-state index contributed by atoms with van der Waals surface area (Å²) in [6.45, 7) is 7.67. The van der Waals surface area contributed by atoms with Crippen LogP contribution < -0.4 is 10.2 Å². The molecule has 2 aromatic rings. The third-order valence-corrected chi connectivity index (χ3v) is 4.29. The van der Waals surface area contributed by atoms with Crippen molar-refractivity contribution in [3.63, 3.8) is 0 Å². The van der Waals surface area contributed by atoms with Crippen molar-refractivity contribution in [2.45, 2.75) is 39.0 Å². The van der Waals surface area contributed by atoms with Crippen molar-refractivity contribution in [1.29, 1.82) is 0 Å². The van der Waals surface area contributed by atoms with Gasteiger partial charge < -0.3 is 15.0 Å². The monoisotopic (exact) mass is 340 g/mol. The maximum atomic E-state index is 12.4. The van der Waals surface area contributed by atoms with Gasteiger partial charge in [-0.2, -0.15) is 0 Å². The molecular weight excluding hydrogens is 316 g/mol. The van der Waals surface area contributed by atoms with Crippen LogP contribution in [0.3, 0.4) is 0 Å². The third kappa shape index (κ3) is 4.33.